The van der Waals surface area contributed by atoms with Crippen LogP contribution in [-0.4, -0.2) is 36.7 Å². The lowest BCUT2D eigenvalue weighted by Gasteiger charge is -2.20. The fourth-order valence-corrected chi connectivity index (χ4v) is 3.95. The van der Waals surface area contributed by atoms with E-state index in [1.54, 1.807) is 0 Å². The highest BCUT2D eigenvalue weighted by Gasteiger charge is 2.33. The van der Waals surface area contributed by atoms with Crippen LogP contribution in [0, 0.1) is 10.1 Å². The molecule has 1 N–H and O–H groups in total. The van der Waals surface area contributed by atoms with E-state index in [0.29, 0.717) is 25.9 Å². The highest BCUT2D eigenvalue weighted by Crippen LogP contribution is 2.27. The van der Waals surface area contributed by atoms with Gasteiger partial charge in [-0.25, -0.2) is 8.42 Å². The molecule has 8 nitrogen and oxygen atoms in total. The monoisotopic (exact) mass is 347 g/mol. The van der Waals surface area contributed by atoms with Gasteiger partial charge in [-0.3, -0.25) is 10.1 Å². The number of oxazole rings is 1. The Morgan fingerprint density at radius 1 is 1.32 bits per heavy atom. The fraction of sp³-hybridized carbons (Fsp3) is 0.417. The number of rotatable bonds is 3. The van der Waals surface area contributed by atoms with E-state index >= 15 is 0 Å². The van der Waals surface area contributed by atoms with Crippen molar-refractivity contribution in [2.45, 2.75) is 23.3 Å². The Hall–Kier alpha value is -1.71. The normalized spacial score (nSPS) is 16.4. The number of hydrogen-bond acceptors (Lipinski definition) is 7. The summed E-state index contributed by atoms with van der Waals surface area (Å²) in [5, 5.41) is 12.9. The minimum absolute atomic E-state index is 0. The van der Waals surface area contributed by atoms with Crippen LogP contribution in [0.5, 0.6) is 0 Å². The molecule has 0 bridgehead atoms. The topological polar surface area (TPSA) is 115 Å². The lowest BCUT2D eigenvalue weighted by atomic mass is 10.2. The third-order valence-corrected chi connectivity index (χ3v) is 5.54. The van der Waals surface area contributed by atoms with E-state index in [1.807, 2.05) is 0 Å². The molecule has 10 heteroatoms. The SMILES string of the molecule is Cl.O=[N+]([O-])c1ccc2oc(S(=O)(=O)C3CCNCC3)nc2c1. The zero-order valence-corrected chi connectivity index (χ0v) is 13.0. The maximum atomic E-state index is 12.5. The van der Waals surface area contributed by atoms with Crippen molar-refractivity contribution in [3.05, 3.63) is 28.3 Å². The summed E-state index contributed by atoms with van der Waals surface area (Å²) in [7, 11) is -3.64. The average Bonchev–Trinajstić information content (AvgIpc) is 2.91. The molecule has 22 heavy (non-hydrogen) atoms. The van der Waals surface area contributed by atoms with E-state index in [-0.39, 0.29) is 34.4 Å². The van der Waals surface area contributed by atoms with Gasteiger partial charge in [-0.2, -0.15) is 4.98 Å². The third kappa shape index (κ3) is 2.92. The van der Waals surface area contributed by atoms with E-state index < -0.39 is 20.0 Å². The highest BCUT2D eigenvalue weighted by atomic mass is 35.5. The lowest BCUT2D eigenvalue weighted by molar-refractivity contribution is -0.384. The van der Waals surface area contributed by atoms with Crippen molar-refractivity contribution in [2.24, 2.45) is 0 Å². The quantitative estimate of drug-likeness (QED) is 0.663. The summed E-state index contributed by atoms with van der Waals surface area (Å²) in [6.45, 7) is 1.27. The van der Waals surface area contributed by atoms with E-state index in [1.165, 1.54) is 18.2 Å². The van der Waals surface area contributed by atoms with Gasteiger partial charge in [0.1, 0.15) is 5.52 Å². The van der Waals surface area contributed by atoms with E-state index in [0.717, 1.165) is 0 Å². The second kappa shape index (κ2) is 6.19. The van der Waals surface area contributed by atoms with Crippen molar-refractivity contribution < 1.29 is 17.8 Å². The molecule has 0 spiro atoms. The highest BCUT2D eigenvalue weighted by molar-refractivity contribution is 7.91. The van der Waals surface area contributed by atoms with Gasteiger partial charge in [-0.1, -0.05) is 0 Å². The van der Waals surface area contributed by atoms with Crippen LogP contribution in [-0.2, 0) is 9.84 Å². The van der Waals surface area contributed by atoms with Gasteiger partial charge in [0.15, 0.2) is 5.58 Å². The first-order valence-electron chi connectivity index (χ1n) is 6.48. The molecule has 1 fully saturated rings. The molecule has 1 aliphatic rings. The van der Waals surface area contributed by atoms with E-state index in [4.69, 9.17) is 4.42 Å². The molecule has 0 radical (unpaired) electrons. The number of sulfone groups is 1. The van der Waals surface area contributed by atoms with Crippen LogP contribution >= 0.6 is 12.4 Å². The zero-order chi connectivity index (χ0) is 15.0. The number of benzene rings is 1. The molecule has 0 unspecified atom stereocenters. The number of non-ortho nitro benzene ring substituents is 1. The van der Waals surface area contributed by atoms with Crippen LogP contribution in [0.1, 0.15) is 12.8 Å². The van der Waals surface area contributed by atoms with E-state index in [2.05, 4.69) is 10.3 Å². The molecule has 0 amide bonds. The Balaban J connectivity index is 0.00000176. The largest absolute Gasteiger partial charge is 0.428 e. The van der Waals surface area contributed by atoms with Gasteiger partial charge in [-0.05, 0) is 32.0 Å². The van der Waals surface area contributed by atoms with Crippen molar-refractivity contribution in [1.82, 2.24) is 10.3 Å². The zero-order valence-electron chi connectivity index (χ0n) is 11.4. The fourth-order valence-electron chi connectivity index (χ4n) is 2.38. The molecule has 120 valence electrons. The smallest absolute Gasteiger partial charge is 0.316 e. The Kier molecular flexibility index (Phi) is 4.69. The number of fused-ring (bicyclic) bond motifs is 1. The molecular weight excluding hydrogens is 334 g/mol. The van der Waals surface area contributed by atoms with Gasteiger partial charge in [-0.15, -0.1) is 12.4 Å². The molecule has 1 aromatic heterocycles. The summed E-state index contributed by atoms with van der Waals surface area (Å²) in [6, 6.07) is 3.83. The standard InChI is InChI=1S/C12H13N3O5S.ClH/c16-15(17)8-1-2-11-10(7-8)14-12(20-11)21(18,19)9-3-5-13-6-4-9;/h1-2,7,9,13H,3-6H2;1H. The van der Waals surface area contributed by atoms with Crippen LogP contribution in [0.4, 0.5) is 5.69 Å². The Morgan fingerprint density at radius 3 is 2.64 bits per heavy atom. The van der Waals surface area contributed by atoms with Crippen LogP contribution in [0.3, 0.4) is 0 Å². The minimum Gasteiger partial charge on any atom is -0.428 e. The molecule has 3 rings (SSSR count). The molecule has 2 aromatic rings. The van der Waals surface area contributed by atoms with Crippen molar-refractivity contribution in [3.63, 3.8) is 0 Å². The number of nitro groups is 1. The molecule has 0 aliphatic carbocycles. The van der Waals surface area contributed by atoms with Crippen molar-refractivity contribution in [3.8, 4) is 0 Å². The average molecular weight is 348 g/mol. The molecule has 1 aromatic carbocycles. The molecule has 0 atom stereocenters. The number of hydrogen-bond donors (Lipinski definition) is 1. The van der Waals surface area contributed by atoms with Crippen LogP contribution in [0.2, 0.25) is 0 Å². The van der Waals surface area contributed by atoms with Crippen molar-refractivity contribution >= 4 is 39.0 Å². The summed E-state index contributed by atoms with van der Waals surface area (Å²) in [6.07, 6.45) is 1.00. The Morgan fingerprint density at radius 2 is 2.00 bits per heavy atom. The first kappa shape index (κ1) is 16.7. The van der Waals surface area contributed by atoms with Crippen molar-refractivity contribution in [1.29, 1.82) is 0 Å². The summed E-state index contributed by atoms with van der Waals surface area (Å²) >= 11 is 0. The predicted molar refractivity (Wildman–Crippen MR) is 81.0 cm³/mol. The number of aromatic nitrogens is 1. The van der Waals surface area contributed by atoms with Crippen LogP contribution < -0.4 is 5.32 Å². The Labute approximate surface area is 132 Å². The Bertz CT molecular complexity index is 798. The summed E-state index contributed by atoms with van der Waals surface area (Å²) in [5.41, 5.74) is 0.256. The molecule has 2 heterocycles. The summed E-state index contributed by atoms with van der Waals surface area (Å²) in [4.78, 5) is 14.1. The molecule has 1 aliphatic heterocycles. The number of nitrogens with one attached hydrogen (secondary N) is 1. The third-order valence-electron chi connectivity index (χ3n) is 3.53. The van der Waals surface area contributed by atoms with Gasteiger partial charge < -0.3 is 9.73 Å². The number of nitro benzene ring substituents is 1. The van der Waals surface area contributed by atoms with E-state index in [9.17, 15) is 18.5 Å². The molecule has 0 saturated carbocycles. The maximum Gasteiger partial charge on any atom is 0.316 e. The predicted octanol–water partition coefficient (Wildman–Crippen LogP) is 1.68. The van der Waals surface area contributed by atoms with Gasteiger partial charge in [0.05, 0.1) is 10.2 Å². The van der Waals surface area contributed by atoms with Crippen molar-refractivity contribution in [2.75, 3.05) is 13.1 Å². The second-order valence-corrected chi connectivity index (χ2v) is 6.99. The van der Waals surface area contributed by atoms with Gasteiger partial charge >= 0.3 is 5.22 Å². The first-order valence-corrected chi connectivity index (χ1v) is 8.03. The molecule has 1 saturated heterocycles. The number of piperidine rings is 1. The van der Waals surface area contributed by atoms with Crippen LogP contribution in [0.25, 0.3) is 11.1 Å². The second-order valence-electron chi connectivity index (χ2n) is 4.88. The maximum absolute atomic E-state index is 12.5. The van der Waals surface area contributed by atoms with Gasteiger partial charge in [0, 0.05) is 12.1 Å². The van der Waals surface area contributed by atoms with Gasteiger partial charge in [0.25, 0.3) is 5.69 Å². The van der Waals surface area contributed by atoms with Gasteiger partial charge in [0.2, 0.25) is 9.84 Å². The lowest BCUT2D eigenvalue weighted by Crippen LogP contribution is -2.35. The molecular formula is C12H14ClN3O5S. The summed E-state index contributed by atoms with van der Waals surface area (Å²) in [5.74, 6) is 0. The number of nitrogens with zero attached hydrogens (tertiary/aromatic N) is 2. The number of halogens is 1. The first-order chi connectivity index (χ1) is 9.98. The summed E-state index contributed by atoms with van der Waals surface area (Å²) < 4.78 is 30.2. The van der Waals surface area contributed by atoms with Crippen LogP contribution in [0.15, 0.2) is 27.8 Å². The minimum atomic E-state index is -3.64.